The first-order valence-corrected chi connectivity index (χ1v) is 6.97. The molecule has 1 aromatic rings. The van der Waals surface area contributed by atoms with Gasteiger partial charge in [0.25, 0.3) is 5.91 Å². The summed E-state index contributed by atoms with van der Waals surface area (Å²) in [6, 6.07) is 0. The molecule has 0 aromatic carbocycles. The zero-order valence-electron chi connectivity index (χ0n) is 11.5. The van der Waals surface area contributed by atoms with E-state index in [-0.39, 0.29) is 24.2 Å². The lowest BCUT2D eigenvalue weighted by atomic mass is 9.97. The van der Waals surface area contributed by atoms with Gasteiger partial charge in [-0.1, -0.05) is 0 Å². The van der Waals surface area contributed by atoms with Crippen molar-refractivity contribution in [2.24, 2.45) is 0 Å². The maximum atomic E-state index is 12.1. The lowest BCUT2D eigenvalue weighted by molar-refractivity contribution is -0.0251. The lowest BCUT2D eigenvalue weighted by Crippen LogP contribution is -2.47. The number of carbonyl (C=O) groups is 1. The van der Waals surface area contributed by atoms with Crippen LogP contribution in [0.5, 0.6) is 0 Å². The number of hydrogen-bond donors (Lipinski definition) is 4. The number of nitrogens with one attached hydrogen (secondary N) is 2. The largest absolute Gasteiger partial charge is 0.395 e. The number of ether oxygens (including phenoxy) is 1. The normalized spacial score (nSPS) is 29.6. The molecule has 2 atom stereocenters. The third-order valence-electron chi connectivity index (χ3n) is 4.25. The smallest absolute Gasteiger partial charge is 0.274 e. The number of carbonyl (C=O) groups excluding carboxylic acids is 1. The van der Waals surface area contributed by atoms with Crippen molar-refractivity contribution in [2.75, 3.05) is 18.9 Å². The summed E-state index contributed by atoms with van der Waals surface area (Å²) in [6.45, 7) is 2.44. The van der Waals surface area contributed by atoms with Crippen molar-refractivity contribution in [1.29, 1.82) is 0 Å². The van der Waals surface area contributed by atoms with Crippen molar-refractivity contribution in [3.8, 4) is 0 Å². The van der Waals surface area contributed by atoms with E-state index in [0.29, 0.717) is 24.6 Å². The van der Waals surface area contributed by atoms with Crippen LogP contribution in [0.2, 0.25) is 0 Å². The number of nitrogens with two attached hydrogens (primary N) is 1. The predicted molar refractivity (Wildman–Crippen MR) is 72.3 cm³/mol. The Morgan fingerprint density at radius 2 is 2.40 bits per heavy atom. The molecule has 2 aliphatic rings. The third-order valence-corrected chi connectivity index (χ3v) is 4.25. The zero-order valence-corrected chi connectivity index (χ0v) is 11.5. The molecule has 1 aromatic heterocycles. The molecule has 20 heavy (non-hydrogen) atoms. The van der Waals surface area contributed by atoms with E-state index in [9.17, 15) is 9.90 Å². The minimum atomic E-state index is -1.01. The fraction of sp³-hybridized carbons (Fsp3) is 0.692. The number of aliphatic hydroxyl groups is 1. The van der Waals surface area contributed by atoms with Gasteiger partial charge in [-0.05, 0) is 19.8 Å². The molecule has 1 amide bonds. The van der Waals surface area contributed by atoms with Gasteiger partial charge in [-0.25, -0.2) is 0 Å². The first-order chi connectivity index (χ1) is 9.51. The number of rotatable bonds is 4. The summed E-state index contributed by atoms with van der Waals surface area (Å²) in [6.07, 6.45) is 2.39. The van der Waals surface area contributed by atoms with Gasteiger partial charge < -0.3 is 20.9 Å². The SMILES string of the molecule is CC1OCCC1(O)CNC(=O)c1n[nH]c(C2CC2)c1N. The number of aromatic amines is 1. The quantitative estimate of drug-likeness (QED) is 0.626. The van der Waals surface area contributed by atoms with Gasteiger partial charge in [-0.3, -0.25) is 9.89 Å². The van der Waals surface area contributed by atoms with Crippen molar-refractivity contribution in [2.45, 2.75) is 43.8 Å². The highest BCUT2D eigenvalue weighted by Gasteiger charge is 2.40. The molecule has 3 rings (SSSR count). The molecule has 1 aliphatic carbocycles. The van der Waals surface area contributed by atoms with Gasteiger partial charge in [0.1, 0.15) is 5.60 Å². The molecule has 5 N–H and O–H groups in total. The van der Waals surface area contributed by atoms with Crippen LogP contribution >= 0.6 is 0 Å². The van der Waals surface area contributed by atoms with Gasteiger partial charge in [0.2, 0.25) is 0 Å². The van der Waals surface area contributed by atoms with Crippen LogP contribution in [0.25, 0.3) is 0 Å². The van der Waals surface area contributed by atoms with E-state index in [0.717, 1.165) is 18.5 Å². The minimum absolute atomic E-state index is 0.137. The van der Waals surface area contributed by atoms with Crippen molar-refractivity contribution in [3.05, 3.63) is 11.4 Å². The highest BCUT2D eigenvalue weighted by Crippen LogP contribution is 2.42. The fourth-order valence-electron chi connectivity index (χ4n) is 2.54. The number of anilines is 1. The van der Waals surface area contributed by atoms with E-state index in [1.165, 1.54) is 0 Å². The van der Waals surface area contributed by atoms with Gasteiger partial charge >= 0.3 is 0 Å². The summed E-state index contributed by atoms with van der Waals surface area (Å²) in [5.74, 6) is 0.0506. The van der Waals surface area contributed by atoms with Crippen LogP contribution in [0.15, 0.2) is 0 Å². The number of hydrogen-bond acceptors (Lipinski definition) is 5. The molecule has 0 spiro atoms. The predicted octanol–water partition coefficient (Wildman–Crippen LogP) is 0.139. The molecule has 2 heterocycles. The number of nitrogens with zero attached hydrogens (tertiary/aromatic N) is 1. The standard InChI is InChI=1S/C13H20N4O3/c1-7-13(19,4-5-20-7)6-15-12(18)11-9(14)10(16-17-11)8-2-3-8/h7-8,19H,2-6,14H2,1H3,(H,15,18)(H,16,17). The van der Waals surface area contributed by atoms with E-state index in [1.54, 1.807) is 6.92 Å². The van der Waals surface area contributed by atoms with E-state index in [1.807, 2.05) is 0 Å². The van der Waals surface area contributed by atoms with Crippen LogP contribution in [0, 0.1) is 0 Å². The first-order valence-electron chi connectivity index (χ1n) is 6.97. The zero-order chi connectivity index (χ0) is 14.3. The number of aromatic nitrogens is 2. The van der Waals surface area contributed by atoms with Gasteiger partial charge in [-0.15, -0.1) is 0 Å². The summed E-state index contributed by atoms with van der Waals surface area (Å²) >= 11 is 0. The van der Waals surface area contributed by atoms with Crippen LogP contribution in [-0.2, 0) is 4.74 Å². The molecular weight excluding hydrogens is 260 g/mol. The monoisotopic (exact) mass is 280 g/mol. The highest BCUT2D eigenvalue weighted by molar-refractivity contribution is 5.97. The van der Waals surface area contributed by atoms with Gasteiger partial charge in [0.05, 0.1) is 17.5 Å². The van der Waals surface area contributed by atoms with Crippen LogP contribution in [0.3, 0.4) is 0 Å². The average Bonchev–Trinajstić information content (AvgIpc) is 3.11. The van der Waals surface area contributed by atoms with Crippen LogP contribution in [-0.4, -0.2) is 46.1 Å². The molecule has 1 saturated carbocycles. The second kappa shape index (κ2) is 4.75. The molecule has 7 heteroatoms. The average molecular weight is 280 g/mol. The summed E-state index contributed by atoms with van der Waals surface area (Å²) in [7, 11) is 0. The Labute approximate surface area is 116 Å². The molecule has 110 valence electrons. The molecule has 2 unspecified atom stereocenters. The van der Waals surface area contributed by atoms with Crippen molar-refractivity contribution in [3.63, 3.8) is 0 Å². The molecule has 2 fully saturated rings. The van der Waals surface area contributed by atoms with Crippen molar-refractivity contribution < 1.29 is 14.6 Å². The number of amides is 1. The van der Waals surface area contributed by atoms with E-state index in [2.05, 4.69) is 15.5 Å². The number of nitrogen functional groups attached to an aromatic ring is 1. The second-order valence-corrected chi connectivity index (χ2v) is 5.72. The molecule has 1 saturated heterocycles. The molecular formula is C13H20N4O3. The maximum Gasteiger partial charge on any atom is 0.274 e. The van der Waals surface area contributed by atoms with Crippen LogP contribution in [0.1, 0.15) is 48.3 Å². The Morgan fingerprint density at radius 1 is 1.65 bits per heavy atom. The summed E-state index contributed by atoms with van der Waals surface area (Å²) < 4.78 is 5.33. The molecule has 0 bridgehead atoms. The van der Waals surface area contributed by atoms with Gasteiger partial charge in [0, 0.05) is 25.5 Å². The maximum absolute atomic E-state index is 12.1. The summed E-state index contributed by atoms with van der Waals surface area (Å²) in [4.78, 5) is 12.1. The van der Waals surface area contributed by atoms with Crippen LogP contribution in [0.4, 0.5) is 5.69 Å². The Kier molecular flexibility index (Phi) is 3.18. The Morgan fingerprint density at radius 3 is 3.00 bits per heavy atom. The van der Waals surface area contributed by atoms with Gasteiger partial charge in [-0.2, -0.15) is 5.10 Å². The topological polar surface area (TPSA) is 113 Å². The van der Waals surface area contributed by atoms with Gasteiger partial charge in [0.15, 0.2) is 5.69 Å². The molecule has 1 aliphatic heterocycles. The van der Waals surface area contributed by atoms with Crippen LogP contribution < -0.4 is 11.1 Å². The lowest BCUT2D eigenvalue weighted by Gasteiger charge is -2.25. The third kappa shape index (κ3) is 2.27. The Hall–Kier alpha value is -1.60. The Bertz CT molecular complexity index is 526. The van der Waals surface area contributed by atoms with E-state index in [4.69, 9.17) is 10.5 Å². The molecule has 0 radical (unpaired) electrons. The van der Waals surface area contributed by atoms with E-state index >= 15 is 0 Å². The second-order valence-electron chi connectivity index (χ2n) is 5.72. The number of H-pyrrole nitrogens is 1. The van der Waals surface area contributed by atoms with E-state index < -0.39 is 5.60 Å². The van der Waals surface area contributed by atoms with Crippen molar-refractivity contribution >= 4 is 11.6 Å². The first kappa shape index (κ1) is 13.4. The molecule has 7 nitrogen and oxygen atoms in total. The Balaban J connectivity index is 1.64. The summed E-state index contributed by atoms with van der Waals surface area (Å²) in [5.41, 5.74) is 6.42. The van der Waals surface area contributed by atoms with Crippen molar-refractivity contribution in [1.82, 2.24) is 15.5 Å². The summed E-state index contributed by atoms with van der Waals surface area (Å²) in [5, 5.41) is 19.9. The fourth-order valence-corrected chi connectivity index (χ4v) is 2.54. The minimum Gasteiger partial charge on any atom is -0.395 e. The highest BCUT2D eigenvalue weighted by atomic mass is 16.5.